The van der Waals surface area contributed by atoms with Crippen molar-refractivity contribution in [2.75, 3.05) is 58.4 Å². The third kappa shape index (κ3) is 8.91. The van der Waals surface area contributed by atoms with Crippen molar-refractivity contribution in [2.24, 2.45) is 11.3 Å². The van der Waals surface area contributed by atoms with Crippen molar-refractivity contribution in [3.05, 3.63) is 47.9 Å². The first kappa shape index (κ1) is 35.1. The van der Waals surface area contributed by atoms with Gasteiger partial charge in [0.05, 0.1) is 23.9 Å². The van der Waals surface area contributed by atoms with Crippen LogP contribution in [-0.4, -0.2) is 95.2 Å². The lowest BCUT2D eigenvalue weighted by Gasteiger charge is -2.46. The standard InChI is InChI=1S/C38H54N6O5/c1-27-7-6-8-31(39-27)35(45)40-33-23-29-26-44(41-32(29)24-34(33)48-22-21-47-5)30-11-17-42(18-12-30)25-28-9-13-38(14-10-28)15-19-43(20-16-38)36(46)49-37(2,3)4/h6-8,23-24,26,28,30H,9-22,25H2,1-5H3,(H,40,45). The Morgan fingerprint density at radius 1 is 0.980 bits per heavy atom. The van der Waals surface area contributed by atoms with E-state index in [4.69, 9.17) is 19.3 Å². The van der Waals surface area contributed by atoms with Crippen molar-refractivity contribution in [3.8, 4) is 5.75 Å². The number of carbonyl (C=O) groups is 2. The normalized spacial score (nSPS) is 19.3. The maximum absolute atomic E-state index is 13.1. The van der Waals surface area contributed by atoms with E-state index >= 15 is 0 Å². The lowest BCUT2D eigenvalue weighted by atomic mass is 9.65. The minimum Gasteiger partial charge on any atom is -0.489 e. The van der Waals surface area contributed by atoms with Crippen molar-refractivity contribution in [3.63, 3.8) is 0 Å². The molecule has 0 atom stereocenters. The van der Waals surface area contributed by atoms with Gasteiger partial charge in [0.1, 0.15) is 23.7 Å². The smallest absolute Gasteiger partial charge is 0.410 e. The van der Waals surface area contributed by atoms with Crippen LogP contribution in [0.15, 0.2) is 36.5 Å². The molecule has 0 bridgehead atoms. The van der Waals surface area contributed by atoms with Gasteiger partial charge in [0.25, 0.3) is 5.91 Å². The minimum absolute atomic E-state index is 0.163. The molecule has 1 saturated carbocycles. The highest BCUT2D eigenvalue weighted by atomic mass is 16.6. The summed E-state index contributed by atoms with van der Waals surface area (Å²) >= 11 is 0. The lowest BCUT2D eigenvalue weighted by Crippen LogP contribution is -2.47. The van der Waals surface area contributed by atoms with E-state index in [9.17, 15) is 9.59 Å². The van der Waals surface area contributed by atoms with Gasteiger partial charge in [0.2, 0.25) is 0 Å². The number of nitrogens with zero attached hydrogens (tertiary/aromatic N) is 5. The van der Waals surface area contributed by atoms with E-state index in [0.29, 0.717) is 41.8 Å². The molecule has 1 aromatic carbocycles. The van der Waals surface area contributed by atoms with E-state index in [1.165, 1.54) is 32.2 Å². The van der Waals surface area contributed by atoms with Crippen molar-refractivity contribution < 1.29 is 23.8 Å². The zero-order valence-electron chi connectivity index (χ0n) is 30.0. The summed E-state index contributed by atoms with van der Waals surface area (Å²) in [5.41, 5.74) is 2.54. The summed E-state index contributed by atoms with van der Waals surface area (Å²) in [4.78, 5) is 34.5. The molecule has 2 aromatic heterocycles. The number of aryl methyl sites for hydroxylation is 1. The second-order valence-electron chi connectivity index (χ2n) is 15.4. The minimum atomic E-state index is -0.445. The van der Waals surface area contributed by atoms with Gasteiger partial charge in [-0.3, -0.25) is 9.48 Å². The predicted molar refractivity (Wildman–Crippen MR) is 190 cm³/mol. The molecule has 2 amide bonds. The number of aromatic nitrogens is 3. The van der Waals surface area contributed by atoms with Gasteiger partial charge in [-0.05, 0) is 109 Å². The predicted octanol–water partition coefficient (Wildman–Crippen LogP) is 6.86. The summed E-state index contributed by atoms with van der Waals surface area (Å²) in [6.45, 7) is 13.4. The largest absolute Gasteiger partial charge is 0.489 e. The summed E-state index contributed by atoms with van der Waals surface area (Å²) in [7, 11) is 1.64. The number of anilines is 1. The molecule has 3 fully saturated rings. The number of likely N-dealkylation sites (tertiary alicyclic amines) is 2. The summed E-state index contributed by atoms with van der Waals surface area (Å²) in [6.07, 6.45) is 11.4. The molecular weight excluding hydrogens is 620 g/mol. The molecule has 4 heterocycles. The molecule has 0 unspecified atom stereocenters. The molecule has 1 N–H and O–H groups in total. The third-order valence-corrected chi connectivity index (χ3v) is 10.6. The molecule has 1 spiro atoms. The molecule has 0 radical (unpaired) electrons. The molecule has 3 aliphatic rings. The average molecular weight is 675 g/mol. The van der Waals surface area contributed by atoms with E-state index in [1.807, 2.05) is 56.9 Å². The van der Waals surface area contributed by atoms with Crippen LogP contribution in [0.3, 0.4) is 0 Å². The first-order valence-corrected chi connectivity index (χ1v) is 18.1. The maximum atomic E-state index is 13.1. The van der Waals surface area contributed by atoms with Crippen LogP contribution >= 0.6 is 0 Å². The highest BCUT2D eigenvalue weighted by molar-refractivity contribution is 6.05. The van der Waals surface area contributed by atoms with Crippen LogP contribution in [0.25, 0.3) is 10.9 Å². The summed E-state index contributed by atoms with van der Waals surface area (Å²) in [5.74, 6) is 1.03. The molecule has 11 nitrogen and oxygen atoms in total. The van der Waals surface area contributed by atoms with Crippen LogP contribution in [0.2, 0.25) is 0 Å². The zero-order chi connectivity index (χ0) is 34.6. The van der Waals surface area contributed by atoms with E-state index in [1.54, 1.807) is 13.2 Å². The number of hydrogen-bond acceptors (Lipinski definition) is 8. The SMILES string of the molecule is COCCOc1cc2nn(C3CCN(CC4CCC5(CC4)CCN(C(=O)OC(C)(C)C)CC5)CC3)cc2cc1NC(=O)c1cccc(C)n1. The molecule has 3 aromatic rings. The van der Waals surface area contributed by atoms with Crippen LogP contribution < -0.4 is 10.1 Å². The molecule has 2 saturated heterocycles. The number of benzene rings is 1. The van der Waals surface area contributed by atoms with Gasteiger partial charge in [-0.1, -0.05) is 6.07 Å². The van der Waals surface area contributed by atoms with Crippen molar-refractivity contribution in [1.29, 1.82) is 0 Å². The van der Waals surface area contributed by atoms with E-state index < -0.39 is 5.60 Å². The molecule has 49 heavy (non-hydrogen) atoms. The summed E-state index contributed by atoms with van der Waals surface area (Å²) in [6, 6.07) is 9.60. The van der Waals surface area contributed by atoms with Gasteiger partial charge in [-0.25, -0.2) is 9.78 Å². The number of rotatable bonds is 9. The topological polar surface area (TPSA) is 111 Å². The quantitative estimate of drug-likeness (QED) is 0.245. The number of hydrogen-bond donors (Lipinski definition) is 1. The highest BCUT2D eigenvalue weighted by Crippen LogP contribution is 2.47. The number of amides is 2. The Morgan fingerprint density at radius 2 is 1.71 bits per heavy atom. The second kappa shape index (κ2) is 15.0. The van der Waals surface area contributed by atoms with Gasteiger partial charge in [-0.2, -0.15) is 5.10 Å². The monoisotopic (exact) mass is 674 g/mol. The first-order valence-electron chi connectivity index (χ1n) is 18.1. The third-order valence-electron chi connectivity index (χ3n) is 10.6. The second-order valence-corrected chi connectivity index (χ2v) is 15.4. The molecule has 11 heteroatoms. The highest BCUT2D eigenvalue weighted by Gasteiger charge is 2.40. The first-order chi connectivity index (χ1) is 23.5. The lowest BCUT2D eigenvalue weighted by molar-refractivity contribution is -0.000374. The van der Waals surface area contributed by atoms with Crippen LogP contribution in [0, 0.1) is 18.3 Å². The Hall–Kier alpha value is -3.70. The Bertz CT molecular complexity index is 1590. The van der Waals surface area contributed by atoms with Gasteiger partial charge < -0.3 is 29.3 Å². The van der Waals surface area contributed by atoms with Crippen molar-refractivity contribution in [1.82, 2.24) is 24.6 Å². The van der Waals surface area contributed by atoms with Crippen LogP contribution in [-0.2, 0) is 9.47 Å². The summed E-state index contributed by atoms with van der Waals surface area (Å²) < 4.78 is 18.9. The fourth-order valence-electron chi connectivity index (χ4n) is 7.76. The number of methoxy groups -OCH3 is 1. The number of carbonyl (C=O) groups excluding carboxylic acids is 2. The van der Waals surface area contributed by atoms with Gasteiger partial charge in [0, 0.05) is 63.2 Å². The number of ether oxygens (including phenoxy) is 3. The van der Waals surface area contributed by atoms with E-state index in [2.05, 4.69) is 26.1 Å². The van der Waals surface area contributed by atoms with Gasteiger partial charge in [-0.15, -0.1) is 0 Å². The Morgan fingerprint density at radius 3 is 2.39 bits per heavy atom. The maximum Gasteiger partial charge on any atom is 0.410 e. The van der Waals surface area contributed by atoms with Crippen molar-refractivity contribution in [2.45, 2.75) is 90.7 Å². The summed E-state index contributed by atoms with van der Waals surface area (Å²) in [5, 5.41) is 8.93. The van der Waals surface area contributed by atoms with Crippen molar-refractivity contribution >= 4 is 28.6 Å². The molecule has 6 rings (SSSR count). The van der Waals surface area contributed by atoms with Crippen LogP contribution in [0.5, 0.6) is 5.75 Å². The van der Waals surface area contributed by atoms with Gasteiger partial charge >= 0.3 is 6.09 Å². The number of piperidine rings is 2. The number of pyridine rings is 1. The average Bonchev–Trinajstić information content (AvgIpc) is 3.49. The fourth-order valence-corrected chi connectivity index (χ4v) is 7.76. The van der Waals surface area contributed by atoms with Crippen LogP contribution in [0.4, 0.5) is 10.5 Å². The van der Waals surface area contributed by atoms with E-state index in [0.717, 1.165) is 74.4 Å². The number of fused-ring (bicyclic) bond motifs is 1. The Balaban J connectivity index is 1.01. The van der Waals surface area contributed by atoms with Crippen LogP contribution in [0.1, 0.15) is 94.4 Å². The molecule has 1 aliphatic carbocycles. The molecule has 2 aliphatic heterocycles. The van der Waals surface area contributed by atoms with Gasteiger partial charge in [0.15, 0.2) is 0 Å². The zero-order valence-corrected chi connectivity index (χ0v) is 30.0. The fraction of sp³-hybridized carbons (Fsp3) is 0.632. The molecule has 266 valence electrons. The molecular formula is C38H54N6O5. The van der Waals surface area contributed by atoms with E-state index in [-0.39, 0.29) is 12.0 Å². The Kier molecular flexibility index (Phi) is 10.8. The Labute approximate surface area is 290 Å². The number of nitrogens with one attached hydrogen (secondary N) is 1.